The number of piperidine rings is 1. The van der Waals surface area contributed by atoms with Gasteiger partial charge in [0.05, 0.1) is 12.3 Å². The molecule has 0 unspecified atom stereocenters. The molecule has 1 heterocycles. The van der Waals surface area contributed by atoms with E-state index in [9.17, 15) is 13.2 Å². The Morgan fingerprint density at radius 2 is 1.96 bits per heavy atom. The summed E-state index contributed by atoms with van der Waals surface area (Å²) in [7, 11) is -3.26. The summed E-state index contributed by atoms with van der Waals surface area (Å²) in [5.41, 5.74) is 2.62. The second-order valence-corrected chi connectivity index (χ2v) is 10.3. The monoisotopic (exact) mass is 393 g/mol. The van der Waals surface area contributed by atoms with Crippen molar-refractivity contribution >= 4 is 16.1 Å². The van der Waals surface area contributed by atoms with Gasteiger partial charge in [-0.3, -0.25) is 0 Å². The van der Waals surface area contributed by atoms with Gasteiger partial charge in [-0.15, -0.1) is 0 Å². The highest BCUT2D eigenvalue weighted by molar-refractivity contribution is 7.88. The Morgan fingerprint density at radius 3 is 2.70 bits per heavy atom. The molecule has 27 heavy (non-hydrogen) atoms. The lowest BCUT2D eigenvalue weighted by Gasteiger charge is -2.40. The van der Waals surface area contributed by atoms with E-state index in [0.717, 1.165) is 38.4 Å². The summed E-state index contributed by atoms with van der Waals surface area (Å²) in [4.78, 5) is 14.8. The first kappa shape index (κ1) is 20.1. The van der Waals surface area contributed by atoms with E-state index in [4.69, 9.17) is 0 Å². The van der Waals surface area contributed by atoms with Gasteiger partial charge in [0, 0.05) is 19.1 Å². The lowest BCUT2D eigenvalue weighted by Crippen LogP contribution is -2.53. The van der Waals surface area contributed by atoms with Crippen molar-refractivity contribution < 1.29 is 13.2 Å². The van der Waals surface area contributed by atoms with E-state index in [1.165, 1.54) is 11.1 Å². The minimum atomic E-state index is -3.26. The molecule has 6 nitrogen and oxygen atoms in total. The number of hydrogen-bond donors (Lipinski definition) is 2. The number of benzene rings is 1. The first-order chi connectivity index (χ1) is 12.7. The lowest BCUT2D eigenvalue weighted by molar-refractivity contribution is 0.147. The molecule has 7 heteroatoms. The molecule has 2 N–H and O–H groups in total. The first-order valence-electron chi connectivity index (χ1n) is 9.78. The van der Waals surface area contributed by atoms with E-state index in [2.05, 4.69) is 42.1 Å². The molecule has 1 aliphatic heterocycles. The van der Waals surface area contributed by atoms with E-state index >= 15 is 0 Å². The van der Waals surface area contributed by atoms with Crippen LogP contribution in [0.2, 0.25) is 0 Å². The predicted molar refractivity (Wildman–Crippen MR) is 107 cm³/mol. The van der Waals surface area contributed by atoms with Crippen LogP contribution in [-0.4, -0.2) is 44.7 Å². The Hall–Kier alpha value is -1.60. The predicted octanol–water partition coefficient (Wildman–Crippen LogP) is 2.91. The van der Waals surface area contributed by atoms with Gasteiger partial charge in [0.1, 0.15) is 0 Å². The highest BCUT2D eigenvalue weighted by Crippen LogP contribution is 2.41. The Bertz CT molecular complexity index is 791. The van der Waals surface area contributed by atoms with E-state index in [1.807, 2.05) is 11.0 Å². The maximum Gasteiger partial charge on any atom is 0.318 e. The molecule has 0 radical (unpaired) electrons. The van der Waals surface area contributed by atoms with Gasteiger partial charge in [-0.1, -0.05) is 38.1 Å². The molecule has 2 aliphatic rings. The normalized spacial score (nSPS) is 24.9. The second-order valence-electron chi connectivity index (χ2n) is 8.48. The zero-order valence-corrected chi connectivity index (χ0v) is 17.3. The van der Waals surface area contributed by atoms with E-state index in [1.54, 1.807) is 0 Å². The number of nitrogens with zero attached hydrogens (tertiary/aromatic N) is 1. The van der Waals surface area contributed by atoms with Crippen LogP contribution in [0.4, 0.5) is 4.79 Å². The molecule has 3 rings (SSSR count). The van der Waals surface area contributed by atoms with Crippen LogP contribution < -0.4 is 10.0 Å². The van der Waals surface area contributed by atoms with Crippen LogP contribution in [0.1, 0.15) is 63.1 Å². The fraction of sp³-hybridized carbons (Fsp3) is 0.650. The molecule has 1 aromatic rings. The molecule has 150 valence electrons. The smallest absolute Gasteiger partial charge is 0.318 e. The van der Waals surface area contributed by atoms with Gasteiger partial charge in [-0.25, -0.2) is 17.9 Å². The number of carbonyl (C=O) groups is 1. The van der Waals surface area contributed by atoms with Crippen molar-refractivity contribution in [3.8, 4) is 0 Å². The summed E-state index contributed by atoms with van der Waals surface area (Å²) >= 11 is 0. The van der Waals surface area contributed by atoms with Crippen LogP contribution in [0.5, 0.6) is 0 Å². The number of rotatable bonds is 4. The Balaban J connectivity index is 1.72. The number of urea groups is 1. The summed E-state index contributed by atoms with van der Waals surface area (Å²) in [6, 6.07) is 8.18. The SMILES string of the molecule is CC1(C)CC[C@H](NC(=O)N2CCCC[C@@H]2CNS(C)(=O)=O)c2ccccc21. The quantitative estimate of drug-likeness (QED) is 0.826. The van der Waals surface area contributed by atoms with E-state index in [0.29, 0.717) is 6.54 Å². The molecule has 2 atom stereocenters. The number of sulfonamides is 1. The van der Waals surface area contributed by atoms with E-state index in [-0.39, 0.29) is 30.1 Å². The van der Waals surface area contributed by atoms with Gasteiger partial charge in [0.15, 0.2) is 0 Å². The molecule has 1 aromatic carbocycles. The van der Waals surface area contributed by atoms with Gasteiger partial charge in [0.2, 0.25) is 10.0 Å². The van der Waals surface area contributed by atoms with Crippen LogP contribution in [0.3, 0.4) is 0 Å². The molecule has 0 aromatic heterocycles. The summed E-state index contributed by atoms with van der Waals surface area (Å²) in [6.07, 6.45) is 5.88. The Kier molecular flexibility index (Phi) is 5.82. The third-order valence-electron chi connectivity index (χ3n) is 5.89. The molecular weight excluding hydrogens is 362 g/mol. The molecular formula is C20H31N3O3S. The summed E-state index contributed by atoms with van der Waals surface area (Å²) in [6.45, 7) is 5.45. The van der Waals surface area contributed by atoms with Crippen LogP contribution >= 0.6 is 0 Å². The fourth-order valence-electron chi connectivity index (χ4n) is 4.32. The molecule has 0 bridgehead atoms. The van der Waals surface area contributed by atoms with Crippen LogP contribution in [-0.2, 0) is 15.4 Å². The standard InChI is InChI=1S/C20H31N3O3S/c1-20(2)12-11-18(16-9-4-5-10-17(16)20)22-19(24)23-13-7-6-8-15(23)14-21-27(3,25)26/h4-5,9-10,15,18,21H,6-8,11-14H2,1-3H3,(H,22,24)/t15-,18+/m1/s1. The number of amides is 2. The third kappa shape index (κ3) is 4.82. The van der Waals surface area contributed by atoms with Gasteiger partial charge >= 0.3 is 6.03 Å². The maximum atomic E-state index is 13.0. The van der Waals surface area contributed by atoms with Gasteiger partial charge in [-0.2, -0.15) is 0 Å². The zero-order valence-electron chi connectivity index (χ0n) is 16.5. The summed E-state index contributed by atoms with van der Waals surface area (Å²) < 4.78 is 25.4. The number of hydrogen-bond acceptors (Lipinski definition) is 3. The minimum absolute atomic E-state index is 0.00664. The topological polar surface area (TPSA) is 78.5 Å². The number of nitrogens with one attached hydrogen (secondary N) is 2. The second kappa shape index (κ2) is 7.80. The Morgan fingerprint density at radius 1 is 1.22 bits per heavy atom. The van der Waals surface area contributed by atoms with Crippen molar-refractivity contribution in [1.29, 1.82) is 0 Å². The maximum absolute atomic E-state index is 13.0. The van der Waals surface area contributed by atoms with Crippen molar-refractivity contribution in [2.24, 2.45) is 0 Å². The molecule has 0 spiro atoms. The fourth-order valence-corrected chi connectivity index (χ4v) is 4.82. The van der Waals surface area contributed by atoms with Gasteiger partial charge < -0.3 is 10.2 Å². The van der Waals surface area contributed by atoms with Crippen LogP contribution in [0, 0.1) is 0 Å². The largest absolute Gasteiger partial charge is 0.331 e. The summed E-state index contributed by atoms with van der Waals surface area (Å²) in [5, 5.41) is 3.22. The van der Waals surface area contributed by atoms with Crippen LogP contribution in [0.25, 0.3) is 0 Å². The third-order valence-corrected chi connectivity index (χ3v) is 6.58. The van der Waals surface area contributed by atoms with Crippen molar-refractivity contribution in [3.63, 3.8) is 0 Å². The average Bonchev–Trinajstić information content (AvgIpc) is 2.62. The van der Waals surface area contributed by atoms with Gasteiger partial charge in [-0.05, 0) is 48.6 Å². The first-order valence-corrected chi connectivity index (χ1v) is 11.7. The van der Waals surface area contributed by atoms with Crippen molar-refractivity contribution in [2.45, 2.75) is 63.5 Å². The van der Waals surface area contributed by atoms with Crippen molar-refractivity contribution in [1.82, 2.24) is 14.9 Å². The molecule has 1 fully saturated rings. The lowest BCUT2D eigenvalue weighted by atomic mass is 9.71. The summed E-state index contributed by atoms with van der Waals surface area (Å²) in [5.74, 6) is 0. The average molecular weight is 394 g/mol. The number of fused-ring (bicyclic) bond motifs is 1. The Labute approximate surface area is 162 Å². The highest BCUT2D eigenvalue weighted by atomic mass is 32.2. The molecule has 2 amide bonds. The van der Waals surface area contributed by atoms with Crippen LogP contribution in [0.15, 0.2) is 24.3 Å². The number of carbonyl (C=O) groups excluding carboxylic acids is 1. The number of likely N-dealkylation sites (tertiary alicyclic amines) is 1. The zero-order chi connectivity index (χ0) is 19.7. The van der Waals surface area contributed by atoms with E-state index < -0.39 is 10.0 Å². The molecule has 1 saturated heterocycles. The van der Waals surface area contributed by atoms with Crippen molar-refractivity contribution in [2.75, 3.05) is 19.3 Å². The minimum Gasteiger partial charge on any atom is -0.331 e. The van der Waals surface area contributed by atoms with Crippen molar-refractivity contribution in [3.05, 3.63) is 35.4 Å². The van der Waals surface area contributed by atoms with Gasteiger partial charge in [0.25, 0.3) is 0 Å². The highest BCUT2D eigenvalue weighted by Gasteiger charge is 2.35. The molecule has 1 aliphatic carbocycles. The molecule has 0 saturated carbocycles.